The Kier molecular flexibility index (Phi) is 2.56. The van der Waals surface area contributed by atoms with Gasteiger partial charge in [0.2, 0.25) is 0 Å². The third-order valence-corrected chi connectivity index (χ3v) is 1.57. The van der Waals surface area contributed by atoms with Crippen molar-refractivity contribution in [3.8, 4) is 0 Å². The van der Waals surface area contributed by atoms with Gasteiger partial charge >= 0.3 is 5.97 Å². The summed E-state index contributed by atoms with van der Waals surface area (Å²) in [5.74, 6) is -2.14. The Balaban J connectivity index is 2.45. The number of rotatable bonds is 2. The molecule has 1 aliphatic heterocycles. The predicted octanol–water partition coefficient (Wildman–Crippen LogP) is -1.80. The third-order valence-electron chi connectivity index (χ3n) is 1.57. The summed E-state index contributed by atoms with van der Waals surface area (Å²) >= 11 is 0. The van der Waals surface area contributed by atoms with Gasteiger partial charge in [0.15, 0.2) is 0 Å². The molecule has 1 unspecified atom stereocenters. The van der Waals surface area contributed by atoms with E-state index in [0.29, 0.717) is 13.1 Å². The lowest BCUT2D eigenvalue weighted by atomic mass is 10.1. The molecule has 0 aromatic carbocycles. The molecule has 0 spiro atoms. The van der Waals surface area contributed by atoms with Crippen LogP contribution < -0.4 is 10.6 Å². The smallest absolute Gasteiger partial charge is 0.373 e. The van der Waals surface area contributed by atoms with E-state index in [4.69, 9.17) is 5.11 Å². The lowest BCUT2D eigenvalue weighted by Crippen LogP contribution is -2.54. The summed E-state index contributed by atoms with van der Waals surface area (Å²) in [4.78, 5) is 21.0. The number of hydrogen-bond donors (Lipinski definition) is 3. The first-order valence-corrected chi connectivity index (χ1v) is 3.43. The van der Waals surface area contributed by atoms with Crippen molar-refractivity contribution in [1.29, 1.82) is 0 Å². The minimum absolute atomic E-state index is 0.408. The van der Waals surface area contributed by atoms with Gasteiger partial charge in [-0.2, -0.15) is 0 Å². The van der Waals surface area contributed by atoms with Crippen LogP contribution in [-0.2, 0) is 9.59 Å². The summed E-state index contributed by atoms with van der Waals surface area (Å²) in [6.45, 7) is 1.83. The zero-order valence-electron chi connectivity index (χ0n) is 5.96. The van der Waals surface area contributed by atoms with E-state index in [1.807, 2.05) is 0 Å². The van der Waals surface area contributed by atoms with Gasteiger partial charge in [0.1, 0.15) is 0 Å². The fourth-order valence-corrected chi connectivity index (χ4v) is 0.988. The summed E-state index contributed by atoms with van der Waals surface area (Å²) < 4.78 is 0. The molecule has 1 saturated heterocycles. The van der Waals surface area contributed by atoms with Crippen LogP contribution in [0, 0.1) is 0 Å². The first-order chi connectivity index (χ1) is 5.22. The molecule has 0 aromatic heterocycles. The second kappa shape index (κ2) is 3.45. The number of carbonyl (C=O) groups is 2. The Bertz CT molecular complexity index is 175. The SMILES string of the molecule is O=C(O)C(=O)C1CNCCN1. The molecule has 0 aromatic rings. The Morgan fingerprint density at radius 3 is 2.55 bits per heavy atom. The van der Waals surface area contributed by atoms with Crippen LogP contribution in [0.2, 0.25) is 0 Å². The summed E-state index contributed by atoms with van der Waals surface area (Å²) in [6, 6.07) is -0.554. The van der Waals surface area contributed by atoms with E-state index < -0.39 is 17.8 Å². The molecule has 5 nitrogen and oxygen atoms in total. The molecule has 5 heteroatoms. The predicted molar refractivity (Wildman–Crippen MR) is 37.3 cm³/mol. The van der Waals surface area contributed by atoms with Crippen LogP contribution >= 0.6 is 0 Å². The number of carbonyl (C=O) groups excluding carboxylic acids is 1. The van der Waals surface area contributed by atoms with Gasteiger partial charge in [-0.3, -0.25) is 4.79 Å². The van der Waals surface area contributed by atoms with E-state index >= 15 is 0 Å². The quantitative estimate of drug-likeness (QED) is 0.413. The largest absolute Gasteiger partial charge is 0.475 e. The minimum Gasteiger partial charge on any atom is -0.475 e. The van der Waals surface area contributed by atoms with E-state index in [-0.39, 0.29) is 0 Å². The van der Waals surface area contributed by atoms with Crippen molar-refractivity contribution in [3.05, 3.63) is 0 Å². The van der Waals surface area contributed by atoms with Crippen LogP contribution in [0.15, 0.2) is 0 Å². The van der Waals surface area contributed by atoms with E-state index in [1.165, 1.54) is 0 Å². The zero-order chi connectivity index (χ0) is 8.27. The van der Waals surface area contributed by atoms with Crippen LogP contribution in [-0.4, -0.2) is 42.5 Å². The van der Waals surface area contributed by atoms with Crippen molar-refractivity contribution in [2.24, 2.45) is 0 Å². The standard InChI is InChI=1S/C6H10N2O3/c9-5(6(10)11)4-3-7-1-2-8-4/h4,7-8H,1-3H2,(H,10,11). The van der Waals surface area contributed by atoms with Gasteiger partial charge in [-0.25, -0.2) is 4.79 Å². The number of carboxylic acid groups (broad SMARTS) is 1. The number of Topliss-reactive ketones (excluding diaryl/α,β-unsaturated/α-hetero) is 1. The normalized spacial score (nSPS) is 24.5. The Morgan fingerprint density at radius 2 is 2.09 bits per heavy atom. The van der Waals surface area contributed by atoms with E-state index in [9.17, 15) is 9.59 Å². The molecule has 0 radical (unpaired) electrons. The summed E-state index contributed by atoms with van der Waals surface area (Å²) in [5, 5.41) is 14.0. The highest BCUT2D eigenvalue weighted by molar-refractivity contribution is 6.34. The van der Waals surface area contributed by atoms with Crippen LogP contribution in [0.5, 0.6) is 0 Å². The Labute approximate surface area is 63.8 Å². The molecule has 0 aliphatic carbocycles. The molecule has 0 saturated carbocycles. The van der Waals surface area contributed by atoms with Gasteiger partial charge < -0.3 is 15.7 Å². The molecule has 0 bridgehead atoms. The highest BCUT2D eigenvalue weighted by atomic mass is 16.4. The monoisotopic (exact) mass is 158 g/mol. The maximum absolute atomic E-state index is 10.8. The van der Waals surface area contributed by atoms with Crippen molar-refractivity contribution in [3.63, 3.8) is 0 Å². The minimum atomic E-state index is -1.37. The average Bonchev–Trinajstić information content (AvgIpc) is 2.05. The Morgan fingerprint density at radius 1 is 1.36 bits per heavy atom. The fourth-order valence-electron chi connectivity index (χ4n) is 0.988. The van der Waals surface area contributed by atoms with Gasteiger partial charge in [-0.1, -0.05) is 0 Å². The number of piperazine rings is 1. The molecule has 1 heterocycles. The Hall–Kier alpha value is -0.940. The molecule has 1 fully saturated rings. The highest BCUT2D eigenvalue weighted by Crippen LogP contribution is 1.89. The number of carboxylic acids is 1. The molecule has 1 rings (SSSR count). The zero-order valence-corrected chi connectivity index (χ0v) is 5.96. The van der Waals surface area contributed by atoms with Crippen molar-refractivity contribution >= 4 is 11.8 Å². The van der Waals surface area contributed by atoms with E-state index in [0.717, 1.165) is 6.54 Å². The second-order valence-corrected chi connectivity index (χ2v) is 2.38. The highest BCUT2D eigenvalue weighted by Gasteiger charge is 2.25. The molecule has 0 amide bonds. The summed E-state index contributed by atoms with van der Waals surface area (Å²) in [5.41, 5.74) is 0. The molecule has 1 aliphatic rings. The first-order valence-electron chi connectivity index (χ1n) is 3.43. The van der Waals surface area contributed by atoms with E-state index in [1.54, 1.807) is 0 Å². The van der Waals surface area contributed by atoms with Gasteiger partial charge in [-0.15, -0.1) is 0 Å². The van der Waals surface area contributed by atoms with Gasteiger partial charge in [0.25, 0.3) is 5.78 Å². The van der Waals surface area contributed by atoms with Crippen LogP contribution in [0.3, 0.4) is 0 Å². The number of nitrogens with one attached hydrogen (secondary N) is 2. The maximum atomic E-state index is 10.8. The van der Waals surface area contributed by atoms with Crippen LogP contribution in [0.1, 0.15) is 0 Å². The molecule has 1 atom stereocenters. The molecular formula is C6H10N2O3. The van der Waals surface area contributed by atoms with Gasteiger partial charge in [-0.05, 0) is 0 Å². The first kappa shape index (κ1) is 8.16. The van der Waals surface area contributed by atoms with Crippen LogP contribution in [0.4, 0.5) is 0 Å². The van der Waals surface area contributed by atoms with Crippen molar-refractivity contribution in [2.45, 2.75) is 6.04 Å². The maximum Gasteiger partial charge on any atom is 0.373 e. The lowest BCUT2D eigenvalue weighted by Gasteiger charge is -2.21. The third kappa shape index (κ3) is 1.99. The lowest BCUT2D eigenvalue weighted by molar-refractivity contribution is -0.150. The second-order valence-electron chi connectivity index (χ2n) is 2.38. The summed E-state index contributed by atoms with van der Waals surface area (Å²) in [6.07, 6.45) is 0. The van der Waals surface area contributed by atoms with E-state index in [2.05, 4.69) is 10.6 Å². The summed E-state index contributed by atoms with van der Waals surface area (Å²) in [7, 11) is 0. The number of aliphatic carboxylic acids is 1. The molecule has 62 valence electrons. The molecule has 11 heavy (non-hydrogen) atoms. The van der Waals surface area contributed by atoms with Crippen molar-refractivity contribution < 1.29 is 14.7 Å². The topological polar surface area (TPSA) is 78.4 Å². The molecular weight excluding hydrogens is 148 g/mol. The van der Waals surface area contributed by atoms with Gasteiger partial charge in [0, 0.05) is 19.6 Å². The van der Waals surface area contributed by atoms with Crippen molar-refractivity contribution in [2.75, 3.05) is 19.6 Å². The number of hydrogen-bond acceptors (Lipinski definition) is 4. The van der Waals surface area contributed by atoms with Crippen molar-refractivity contribution in [1.82, 2.24) is 10.6 Å². The molecule has 3 N–H and O–H groups in total. The average molecular weight is 158 g/mol. The van der Waals surface area contributed by atoms with Gasteiger partial charge in [0.05, 0.1) is 6.04 Å². The van der Waals surface area contributed by atoms with Crippen LogP contribution in [0.25, 0.3) is 0 Å². The fraction of sp³-hybridized carbons (Fsp3) is 0.667. The number of ketones is 1.